The monoisotopic (exact) mass is 878 g/mol. The van der Waals surface area contributed by atoms with Crippen LogP contribution in [0.3, 0.4) is 0 Å². The summed E-state index contributed by atoms with van der Waals surface area (Å²) in [5.41, 5.74) is 16.4. The number of benzene rings is 10. The van der Waals surface area contributed by atoms with E-state index >= 15 is 0 Å². The molecule has 10 aromatic carbocycles. The molecular weight excluding hydrogens is 825 g/mol. The van der Waals surface area contributed by atoms with Crippen LogP contribution < -0.4 is 30.5 Å². The first-order chi connectivity index (χ1) is 32.8. The fourth-order valence-electron chi connectivity index (χ4n) is 9.56. The van der Waals surface area contributed by atoms with Crippen LogP contribution in [0.15, 0.2) is 255 Å². The van der Waals surface area contributed by atoms with Crippen LogP contribution in [-0.2, 0) is 0 Å². The predicted molar refractivity (Wildman–Crippen MR) is 289 cm³/mol. The number of hydrogen-bond acceptors (Lipinski definition) is 2. The molecule has 0 radical (unpaired) electrons. The van der Waals surface area contributed by atoms with Gasteiger partial charge in [-0.25, -0.2) is 0 Å². The topological polar surface area (TPSA) is 6.48 Å². The highest BCUT2D eigenvalue weighted by Crippen LogP contribution is 2.38. The molecule has 0 aliphatic rings. The average Bonchev–Trinajstić information content (AvgIpc) is 3.38. The van der Waals surface area contributed by atoms with Gasteiger partial charge in [0.15, 0.2) is 8.07 Å². The van der Waals surface area contributed by atoms with Gasteiger partial charge in [-0.15, -0.1) is 0 Å². The summed E-state index contributed by atoms with van der Waals surface area (Å²) in [4.78, 5) is 4.72. The van der Waals surface area contributed by atoms with Crippen molar-refractivity contribution in [3.63, 3.8) is 0 Å². The van der Waals surface area contributed by atoms with Gasteiger partial charge in [0.1, 0.15) is 0 Å². The maximum Gasteiger partial charge on any atom is 0.179 e. The van der Waals surface area contributed by atoms with Crippen LogP contribution in [0, 0.1) is 27.7 Å². The van der Waals surface area contributed by atoms with Crippen LogP contribution in [0.25, 0.3) is 22.3 Å². The number of hydrogen-bond donors (Lipinski definition) is 0. The van der Waals surface area contributed by atoms with Gasteiger partial charge in [0.2, 0.25) is 0 Å². The van der Waals surface area contributed by atoms with E-state index in [2.05, 4.69) is 292 Å². The van der Waals surface area contributed by atoms with Crippen molar-refractivity contribution in [3.05, 3.63) is 277 Å². The van der Waals surface area contributed by atoms with Crippen LogP contribution in [0.5, 0.6) is 0 Å². The van der Waals surface area contributed by atoms with Gasteiger partial charge in [-0.1, -0.05) is 204 Å². The second-order valence-corrected chi connectivity index (χ2v) is 21.6. The van der Waals surface area contributed by atoms with Crippen molar-refractivity contribution in [3.8, 4) is 22.3 Å². The molecule has 10 rings (SSSR count). The molecule has 3 heteroatoms. The molecule has 0 bridgehead atoms. The zero-order chi connectivity index (χ0) is 45.7. The predicted octanol–water partition coefficient (Wildman–Crippen LogP) is 14.6. The quantitative estimate of drug-likeness (QED) is 0.0891. The largest absolute Gasteiger partial charge is 0.310 e. The van der Waals surface area contributed by atoms with Gasteiger partial charge in [-0.2, -0.15) is 0 Å². The van der Waals surface area contributed by atoms with E-state index in [4.69, 9.17) is 0 Å². The molecule has 0 amide bonds. The highest BCUT2D eigenvalue weighted by atomic mass is 28.3. The standard InChI is InChI=1S/C64H54N2Si/c1-47-27-35-55(36-28-47)65(56-37-29-48(2)30-38-56)59-19-11-15-51(43-59)53-17-13-25-63(45-53)67(61-21-7-5-8-22-61,62-23-9-6-10-24-62)64-26-14-18-54(46-64)52-16-12-20-60(44-52)66(57-39-31-49(3)32-40-57)58-41-33-50(4)34-42-58/h5-46H,1-4H3. The Morgan fingerprint density at radius 3 is 0.806 bits per heavy atom. The Balaban J connectivity index is 1.12. The van der Waals surface area contributed by atoms with Crippen LogP contribution in [-0.4, -0.2) is 8.07 Å². The van der Waals surface area contributed by atoms with Crippen molar-refractivity contribution in [2.75, 3.05) is 9.80 Å². The van der Waals surface area contributed by atoms with E-state index in [0.29, 0.717) is 0 Å². The molecule has 0 N–H and O–H groups in total. The lowest BCUT2D eigenvalue weighted by molar-refractivity contribution is 1.27. The number of anilines is 6. The third kappa shape index (κ3) is 8.78. The average molecular weight is 879 g/mol. The summed E-state index contributed by atoms with van der Waals surface area (Å²) in [6.45, 7) is 8.57. The van der Waals surface area contributed by atoms with E-state index in [1.54, 1.807) is 0 Å². The summed E-state index contributed by atoms with van der Waals surface area (Å²) >= 11 is 0. The SMILES string of the molecule is Cc1ccc(N(c2ccc(C)cc2)c2cccc(-c3cccc([Si](c4ccccc4)(c4ccccc4)c4cccc(-c5cccc(N(c6ccc(C)cc6)c6ccc(C)cc6)c5)c4)c3)c2)cc1. The molecule has 0 unspecified atom stereocenters. The first kappa shape index (κ1) is 42.9. The van der Waals surface area contributed by atoms with Crippen LogP contribution in [0.2, 0.25) is 0 Å². The van der Waals surface area contributed by atoms with Crippen LogP contribution >= 0.6 is 0 Å². The Morgan fingerprint density at radius 1 is 0.224 bits per heavy atom. The minimum atomic E-state index is -2.95. The van der Waals surface area contributed by atoms with Crippen LogP contribution in [0.4, 0.5) is 34.1 Å². The van der Waals surface area contributed by atoms with Gasteiger partial charge in [0.05, 0.1) is 0 Å². The number of nitrogens with zero attached hydrogens (tertiary/aromatic N) is 2. The molecule has 0 atom stereocenters. The van der Waals surface area contributed by atoms with Crippen molar-refractivity contribution >= 4 is 62.9 Å². The Morgan fingerprint density at radius 2 is 0.493 bits per heavy atom. The zero-order valence-corrected chi connectivity index (χ0v) is 39.6. The summed E-state index contributed by atoms with van der Waals surface area (Å²) in [5.74, 6) is 0. The lowest BCUT2D eigenvalue weighted by Crippen LogP contribution is -2.74. The van der Waals surface area contributed by atoms with Gasteiger partial charge in [0.25, 0.3) is 0 Å². The maximum atomic E-state index is 2.47. The molecule has 67 heavy (non-hydrogen) atoms. The smallest absolute Gasteiger partial charge is 0.179 e. The zero-order valence-electron chi connectivity index (χ0n) is 38.6. The lowest BCUT2D eigenvalue weighted by atomic mass is 10.0. The van der Waals surface area contributed by atoms with Crippen molar-refractivity contribution in [2.45, 2.75) is 27.7 Å². The molecule has 10 aromatic rings. The minimum Gasteiger partial charge on any atom is -0.310 e. The van der Waals surface area contributed by atoms with E-state index in [0.717, 1.165) is 34.1 Å². The first-order valence-electron chi connectivity index (χ1n) is 23.2. The molecule has 0 spiro atoms. The van der Waals surface area contributed by atoms with Crippen molar-refractivity contribution in [1.82, 2.24) is 0 Å². The first-order valence-corrected chi connectivity index (χ1v) is 25.2. The van der Waals surface area contributed by atoms with Gasteiger partial charge in [-0.3, -0.25) is 0 Å². The lowest BCUT2D eigenvalue weighted by Gasteiger charge is -2.35. The van der Waals surface area contributed by atoms with E-state index in [-0.39, 0.29) is 0 Å². The molecule has 0 aromatic heterocycles. The molecule has 2 nitrogen and oxygen atoms in total. The second-order valence-electron chi connectivity index (χ2n) is 17.8. The normalized spacial score (nSPS) is 11.3. The summed E-state index contributed by atoms with van der Waals surface area (Å²) in [6, 6.07) is 94.6. The summed E-state index contributed by atoms with van der Waals surface area (Å²) < 4.78 is 0. The molecule has 0 saturated carbocycles. The maximum absolute atomic E-state index is 2.95. The fourth-order valence-corrected chi connectivity index (χ4v) is 14.4. The van der Waals surface area contributed by atoms with Crippen molar-refractivity contribution in [2.24, 2.45) is 0 Å². The Bertz CT molecular complexity index is 2940. The van der Waals surface area contributed by atoms with Gasteiger partial charge in [0, 0.05) is 34.1 Å². The van der Waals surface area contributed by atoms with E-state index in [9.17, 15) is 0 Å². The highest BCUT2D eigenvalue weighted by molar-refractivity contribution is 7.20. The summed E-state index contributed by atoms with van der Waals surface area (Å²) in [6.07, 6.45) is 0. The van der Waals surface area contributed by atoms with Gasteiger partial charge >= 0.3 is 0 Å². The third-order valence-electron chi connectivity index (χ3n) is 13.0. The van der Waals surface area contributed by atoms with E-state index in [1.807, 2.05) is 0 Å². The Labute approximate surface area is 397 Å². The van der Waals surface area contributed by atoms with Crippen LogP contribution in [0.1, 0.15) is 22.3 Å². The summed E-state index contributed by atoms with van der Waals surface area (Å²) in [5, 5.41) is 5.34. The number of rotatable bonds is 12. The molecule has 0 heterocycles. The number of aryl methyl sites for hydroxylation is 4. The van der Waals surface area contributed by atoms with E-state index in [1.165, 1.54) is 65.3 Å². The highest BCUT2D eigenvalue weighted by Gasteiger charge is 2.41. The minimum absolute atomic E-state index is 1.11. The molecule has 0 fully saturated rings. The molecule has 0 saturated heterocycles. The molecular formula is C64H54N2Si. The van der Waals surface area contributed by atoms with E-state index < -0.39 is 8.07 Å². The summed E-state index contributed by atoms with van der Waals surface area (Å²) in [7, 11) is -2.95. The third-order valence-corrected chi connectivity index (χ3v) is 17.8. The molecule has 0 aliphatic carbocycles. The Kier molecular flexibility index (Phi) is 12.1. The fraction of sp³-hybridized carbons (Fsp3) is 0.0625. The van der Waals surface area contributed by atoms with Crippen molar-refractivity contribution in [1.29, 1.82) is 0 Å². The molecule has 0 aliphatic heterocycles. The van der Waals surface area contributed by atoms with Crippen molar-refractivity contribution < 1.29 is 0 Å². The second kappa shape index (κ2) is 18.9. The van der Waals surface area contributed by atoms with Gasteiger partial charge in [-0.05, 0) is 143 Å². The molecule has 324 valence electrons. The van der Waals surface area contributed by atoms with Gasteiger partial charge < -0.3 is 9.80 Å². The Hall–Kier alpha value is -7.98.